The topological polar surface area (TPSA) is 41.6 Å². The molecule has 4 heteroatoms. The summed E-state index contributed by atoms with van der Waals surface area (Å²) in [6.45, 7) is 0. The molecule has 1 N–H and O–H groups in total. The number of aromatic nitrogens is 3. The van der Waals surface area contributed by atoms with E-state index in [0.717, 1.165) is 16.5 Å². The van der Waals surface area contributed by atoms with Crippen molar-refractivity contribution in [2.45, 2.75) is 0 Å². The molecule has 2 heterocycles. The van der Waals surface area contributed by atoms with Crippen molar-refractivity contribution in [3.05, 3.63) is 60.5 Å². The molecule has 0 saturated carbocycles. The van der Waals surface area contributed by atoms with Crippen LogP contribution in [0.3, 0.4) is 0 Å². The predicted molar refractivity (Wildman–Crippen MR) is 76.8 cm³/mol. The summed E-state index contributed by atoms with van der Waals surface area (Å²) >= 11 is 0. The largest absolute Gasteiger partial charge is 0.337 e. The number of nitrogens with one attached hydrogen (secondary N) is 1. The number of hydrogen-bond acceptors (Lipinski definition) is 2. The fourth-order valence-corrected chi connectivity index (χ4v) is 2.44. The molecule has 0 radical (unpaired) electrons. The lowest BCUT2D eigenvalue weighted by atomic mass is 10.0. The van der Waals surface area contributed by atoms with E-state index in [1.807, 2.05) is 30.3 Å². The summed E-state index contributed by atoms with van der Waals surface area (Å²) in [6.07, 6.45) is 1.70. The van der Waals surface area contributed by atoms with Crippen molar-refractivity contribution in [1.82, 2.24) is 15.0 Å². The summed E-state index contributed by atoms with van der Waals surface area (Å²) in [7, 11) is 0. The van der Waals surface area contributed by atoms with Gasteiger partial charge >= 0.3 is 0 Å². The second-order valence-electron chi connectivity index (χ2n) is 4.60. The minimum Gasteiger partial charge on any atom is -0.337 e. The molecule has 0 bridgehead atoms. The molecule has 0 aliphatic heterocycles. The number of aromatic amines is 1. The zero-order valence-electron chi connectivity index (χ0n) is 10.5. The Balaban J connectivity index is 2.04. The van der Waals surface area contributed by atoms with Gasteiger partial charge in [0.1, 0.15) is 11.6 Å². The maximum absolute atomic E-state index is 13.8. The third-order valence-corrected chi connectivity index (χ3v) is 3.38. The van der Waals surface area contributed by atoms with Crippen LogP contribution in [0.25, 0.3) is 33.3 Å². The number of H-pyrrole nitrogens is 1. The lowest BCUT2D eigenvalue weighted by Crippen LogP contribution is -1.86. The van der Waals surface area contributed by atoms with E-state index in [9.17, 15) is 4.39 Å². The van der Waals surface area contributed by atoms with Gasteiger partial charge in [0.25, 0.3) is 0 Å². The number of fused-ring (bicyclic) bond motifs is 2. The van der Waals surface area contributed by atoms with Crippen molar-refractivity contribution in [2.75, 3.05) is 0 Å². The summed E-state index contributed by atoms with van der Waals surface area (Å²) < 4.78 is 13.8. The average molecular weight is 263 g/mol. The number of imidazole rings is 1. The minimum absolute atomic E-state index is 0.224. The van der Waals surface area contributed by atoms with Crippen molar-refractivity contribution in [2.24, 2.45) is 0 Å². The van der Waals surface area contributed by atoms with E-state index >= 15 is 0 Å². The molecule has 96 valence electrons. The first-order chi connectivity index (χ1) is 9.83. The number of hydrogen-bond donors (Lipinski definition) is 1. The molecule has 3 nitrogen and oxygen atoms in total. The van der Waals surface area contributed by atoms with Gasteiger partial charge in [0.15, 0.2) is 5.65 Å². The number of halogens is 1. The van der Waals surface area contributed by atoms with Gasteiger partial charge in [-0.1, -0.05) is 24.3 Å². The zero-order chi connectivity index (χ0) is 13.5. The van der Waals surface area contributed by atoms with Gasteiger partial charge in [-0.05, 0) is 29.7 Å². The zero-order valence-corrected chi connectivity index (χ0v) is 10.5. The van der Waals surface area contributed by atoms with Crippen LogP contribution < -0.4 is 0 Å². The maximum Gasteiger partial charge on any atom is 0.178 e. The summed E-state index contributed by atoms with van der Waals surface area (Å²) in [6, 6.07) is 14.4. The Hall–Kier alpha value is -2.75. The third kappa shape index (κ3) is 1.58. The Labute approximate surface area is 114 Å². The average Bonchev–Trinajstić information content (AvgIpc) is 2.91. The molecule has 0 aliphatic rings. The summed E-state index contributed by atoms with van der Waals surface area (Å²) in [4.78, 5) is 11.9. The van der Waals surface area contributed by atoms with Gasteiger partial charge < -0.3 is 4.98 Å². The Bertz CT molecular complexity index is 894. The smallest absolute Gasteiger partial charge is 0.178 e. The molecule has 0 amide bonds. The van der Waals surface area contributed by atoms with E-state index in [1.165, 1.54) is 6.07 Å². The summed E-state index contributed by atoms with van der Waals surface area (Å²) in [5.74, 6) is 0.480. The first-order valence-corrected chi connectivity index (χ1v) is 6.31. The lowest BCUT2D eigenvalue weighted by Gasteiger charge is -2.04. The SMILES string of the molecule is Fc1ccc(-c2nc3ncccc3[nH]2)c2ccccc12. The van der Waals surface area contributed by atoms with E-state index in [-0.39, 0.29) is 5.82 Å². The summed E-state index contributed by atoms with van der Waals surface area (Å²) in [5, 5.41) is 1.44. The number of benzene rings is 2. The molecule has 2 aromatic carbocycles. The fraction of sp³-hybridized carbons (Fsp3) is 0. The standard InChI is InChI=1S/C16H10FN3/c17-13-8-7-12(10-4-1-2-5-11(10)13)15-19-14-6-3-9-18-16(14)20-15/h1-9H,(H,18,19,20). The molecule has 0 saturated heterocycles. The van der Waals surface area contributed by atoms with Gasteiger partial charge in [-0.15, -0.1) is 0 Å². The van der Waals surface area contributed by atoms with E-state index < -0.39 is 0 Å². The molecular weight excluding hydrogens is 253 g/mol. The van der Waals surface area contributed by atoms with E-state index in [0.29, 0.717) is 16.9 Å². The van der Waals surface area contributed by atoms with Crippen LogP contribution in [0.2, 0.25) is 0 Å². The lowest BCUT2D eigenvalue weighted by molar-refractivity contribution is 0.640. The van der Waals surface area contributed by atoms with E-state index in [2.05, 4.69) is 15.0 Å². The van der Waals surface area contributed by atoms with Gasteiger partial charge in [0.05, 0.1) is 5.52 Å². The molecule has 20 heavy (non-hydrogen) atoms. The first kappa shape index (κ1) is 11.1. The maximum atomic E-state index is 13.8. The molecule has 0 atom stereocenters. The molecule has 0 unspecified atom stereocenters. The van der Waals surface area contributed by atoms with Gasteiger partial charge in [-0.3, -0.25) is 0 Å². The van der Waals surface area contributed by atoms with Crippen LogP contribution in [0.1, 0.15) is 0 Å². The highest BCUT2D eigenvalue weighted by Crippen LogP contribution is 2.29. The van der Waals surface area contributed by atoms with Crippen molar-refractivity contribution in [3.8, 4) is 11.4 Å². The van der Waals surface area contributed by atoms with Gasteiger partial charge in [-0.2, -0.15) is 0 Å². The van der Waals surface area contributed by atoms with E-state index in [4.69, 9.17) is 0 Å². The van der Waals surface area contributed by atoms with Crippen LogP contribution in [-0.2, 0) is 0 Å². The Morgan fingerprint density at radius 1 is 0.900 bits per heavy atom. The number of pyridine rings is 1. The monoisotopic (exact) mass is 263 g/mol. The number of rotatable bonds is 1. The van der Waals surface area contributed by atoms with Gasteiger partial charge in [0.2, 0.25) is 0 Å². The normalized spacial score (nSPS) is 11.2. The fourth-order valence-electron chi connectivity index (χ4n) is 2.44. The summed E-state index contributed by atoms with van der Waals surface area (Å²) in [5.41, 5.74) is 2.41. The van der Waals surface area contributed by atoms with Gasteiger partial charge in [0, 0.05) is 17.1 Å². The van der Waals surface area contributed by atoms with Crippen molar-refractivity contribution < 1.29 is 4.39 Å². The second kappa shape index (κ2) is 4.13. The minimum atomic E-state index is -0.224. The van der Waals surface area contributed by atoms with Crippen LogP contribution >= 0.6 is 0 Å². The van der Waals surface area contributed by atoms with Crippen LogP contribution in [0, 0.1) is 5.82 Å². The first-order valence-electron chi connectivity index (χ1n) is 6.31. The predicted octanol–water partition coefficient (Wildman–Crippen LogP) is 3.92. The van der Waals surface area contributed by atoms with Crippen molar-refractivity contribution in [1.29, 1.82) is 0 Å². The van der Waals surface area contributed by atoms with E-state index in [1.54, 1.807) is 18.3 Å². The highest BCUT2D eigenvalue weighted by molar-refractivity contribution is 5.96. The molecule has 4 aromatic rings. The molecule has 0 aliphatic carbocycles. The number of nitrogens with zero attached hydrogens (tertiary/aromatic N) is 2. The van der Waals surface area contributed by atoms with Crippen LogP contribution in [-0.4, -0.2) is 15.0 Å². The highest BCUT2D eigenvalue weighted by Gasteiger charge is 2.11. The van der Waals surface area contributed by atoms with Crippen molar-refractivity contribution >= 4 is 21.9 Å². The highest BCUT2D eigenvalue weighted by atomic mass is 19.1. The van der Waals surface area contributed by atoms with Crippen LogP contribution in [0.4, 0.5) is 4.39 Å². The molecule has 4 rings (SSSR count). The van der Waals surface area contributed by atoms with Crippen molar-refractivity contribution in [3.63, 3.8) is 0 Å². The second-order valence-corrected chi connectivity index (χ2v) is 4.60. The molecule has 2 aromatic heterocycles. The Morgan fingerprint density at radius 2 is 1.75 bits per heavy atom. The molecular formula is C16H10FN3. The quantitative estimate of drug-likeness (QED) is 0.565. The Morgan fingerprint density at radius 3 is 2.60 bits per heavy atom. The van der Waals surface area contributed by atoms with Crippen LogP contribution in [0.5, 0.6) is 0 Å². The van der Waals surface area contributed by atoms with Crippen LogP contribution in [0.15, 0.2) is 54.7 Å². The Kier molecular flexibility index (Phi) is 2.29. The molecule has 0 spiro atoms. The van der Waals surface area contributed by atoms with Gasteiger partial charge in [-0.25, -0.2) is 14.4 Å². The molecule has 0 fully saturated rings. The third-order valence-electron chi connectivity index (χ3n) is 3.38.